The second-order valence-corrected chi connectivity index (χ2v) is 8.72. The predicted octanol–water partition coefficient (Wildman–Crippen LogP) is 2.79. The number of ether oxygens (including phenoxy) is 1. The molecule has 4 N–H and O–H groups in total. The van der Waals surface area contributed by atoms with Crippen LogP contribution in [-0.4, -0.2) is 53.7 Å². The molecule has 1 aromatic carbocycles. The molecule has 0 aliphatic heterocycles. The highest BCUT2D eigenvalue weighted by Crippen LogP contribution is 2.37. The second kappa shape index (κ2) is 8.97. The van der Waals surface area contributed by atoms with Gasteiger partial charge in [-0.1, -0.05) is 18.2 Å². The van der Waals surface area contributed by atoms with Crippen LogP contribution in [0.5, 0.6) is 5.75 Å². The van der Waals surface area contributed by atoms with E-state index in [1.807, 2.05) is 63.9 Å². The Kier molecular flexibility index (Phi) is 5.51. The van der Waals surface area contributed by atoms with E-state index in [2.05, 4.69) is 15.5 Å². The summed E-state index contributed by atoms with van der Waals surface area (Å²) >= 11 is 0. The molecule has 178 valence electrons. The molecule has 0 radical (unpaired) electrons. The van der Waals surface area contributed by atoms with Gasteiger partial charge in [-0.25, -0.2) is 19.2 Å². The van der Waals surface area contributed by atoms with E-state index in [-0.39, 0.29) is 13.2 Å². The van der Waals surface area contributed by atoms with Gasteiger partial charge in [0, 0.05) is 18.3 Å². The number of rotatable bonds is 9. The number of nitrogens with one attached hydrogen (secondary N) is 1. The molecule has 1 aliphatic rings. The zero-order valence-electron chi connectivity index (χ0n) is 19.1. The third kappa shape index (κ3) is 4.29. The van der Waals surface area contributed by atoms with Crippen molar-refractivity contribution in [3.8, 4) is 17.1 Å². The fraction of sp³-hybridized carbons (Fsp3) is 0.280. The molecule has 5 aromatic rings. The number of benzene rings is 1. The van der Waals surface area contributed by atoms with Crippen molar-refractivity contribution in [1.29, 1.82) is 0 Å². The van der Waals surface area contributed by atoms with E-state index in [0.29, 0.717) is 30.0 Å². The Hall–Kier alpha value is -4.02. The van der Waals surface area contributed by atoms with Gasteiger partial charge in [0.15, 0.2) is 11.5 Å². The van der Waals surface area contributed by atoms with Crippen molar-refractivity contribution in [2.45, 2.75) is 31.5 Å². The van der Waals surface area contributed by atoms with Gasteiger partial charge >= 0.3 is 0 Å². The summed E-state index contributed by atoms with van der Waals surface area (Å²) in [6, 6.07) is 16.0. The summed E-state index contributed by atoms with van der Waals surface area (Å²) in [5, 5.41) is 23.1. The third-order valence-electron chi connectivity index (χ3n) is 6.09. The van der Waals surface area contributed by atoms with Gasteiger partial charge in [-0.2, -0.15) is 10.2 Å². The lowest BCUT2D eigenvalue weighted by Gasteiger charge is -2.13. The van der Waals surface area contributed by atoms with E-state index < -0.39 is 6.10 Å². The first-order chi connectivity index (χ1) is 17.2. The molecule has 1 fully saturated rings. The van der Waals surface area contributed by atoms with Crippen LogP contribution in [0.25, 0.3) is 27.9 Å². The molecule has 1 saturated carbocycles. The molecule has 0 bridgehead atoms. The Morgan fingerprint density at radius 2 is 2.00 bits per heavy atom. The number of aliphatic hydroxyl groups excluding tert-OH is 1. The molecule has 35 heavy (non-hydrogen) atoms. The standard InChI is InChI=1S/C25H26N8O2/c26-12-20(34)15-35-21-6-1-3-16(11-21)23-30-24(22-14-29-33(18-7-8-18)25(22)31-23)27-13-19-5-2-4-17-9-10-28-32(17)19/h1-6,9-11,14,18,20,34H,7-8,12-13,15,26H2,(H,27,30,31). The Bertz CT molecular complexity index is 1490. The van der Waals surface area contributed by atoms with Gasteiger partial charge < -0.3 is 20.9 Å². The number of nitrogens with two attached hydrogens (primary N) is 1. The number of anilines is 1. The molecular weight excluding hydrogens is 444 g/mol. The second-order valence-electron chi connectivity index (χ2n) is 8.72. The lowest BCUT2D eigenvalue weighted by Crippen LogP contribution is -2.26. The minimum Gasteiger partial charge on any atom is -0.491 e. The van der Waals surface area contributed by atoms with Crippen LogP contribution >= 0.6 is 0 Å². The van der Waals surface area contributed by atoms with Crippen LogP contribution in [0.4, 0.5) is 5.82 Å². The van der Waals surface area contributed by atoms with Crippen LogP contribution in [-0.2, 0) is 6.54 Å². The number of fused-ring (bicyclic) bond motifs is 2. The van der Waals surface area contributed by atoms with Crippen LogP contribution in [0.1, 0.15) is 24.6 Å². The summed E-state index contributed by atoms with van der Waals surface area (Å²) in [5.41, 5.74) is 9.16. The molecule has 0 amide bonds. The van der Waals surface area contributed by atoms with Gasteiger partial charge in [-0.3, -0.25) is 0 Å². The van der Waals surface area contributed by atoms with Crippen LogP contribution in [0, 0.1) is 0 Å². The average Bonchev–Trinajstić information content (AvgIpc) is 3.45. The SMILES string of the molecule is NCC(O)COc1cccc(-c2nc(NCc3cccc4ccnn34)c3cnn(C4CC4)c3n2)c1. The molecule has 10 nitrogen and oxygen atoms in total. The fourth-order valence-electron chi connectivity index (χ4n) is 4.08. The molecule has 10 heteroatoms. The Labute approximate surface area is 201 Å². The minimum absolute atomic E-state index is 0.125. The smallest absolute Gasteiger partial charge is 0.164 e. The Morgan fingerprint density at radius 1 is 1.11 bits per heavy atom. The van der Waals surface area contributed by atoms with Crippen molar-refractivity contribution in [3.05, 3.63) is 66.6 Å². The van der Waals surface area contributed by atoms with Gasteiger partial charge in [-0.15, -0.1) is 0 Å². The van der Waals surface area contributed by atoms with E-state index in [1.54, 1.807) is 6.20 Å². The summed E-state index contributed by atoms with van der Waals surface area (Å²) in [7, 11) is 0. The first-order valence-corrected chi connectivity index (χ1v) is 11.7. The van der Waals surface area contributed by atoms with E-state index >= 15 is 0 Å². The summed E-state index contributed by atoms with van der Waals surface area (Å²) in [6.45, 7) is 0.811. The van der Waals surface area contributed by atoms with E-state index in [0.717, 1.165) is 40.6 Å². The molecule has 1 unspecified atom stereocenters. The maximum atomic E-state index is 9.73. The largest absolute Gasteiger partial charge is 0.491 e. The first kappa shape index (κ1) is 21.5. The van der Waals surface area contributed by atoms with E-state index in [9.17, 15) is 5.11 Å². The normalized spacial score (nSPS) is 14.5. The van der Waals surface area contributed by atoms with Gasteiger partial charge in [0.2, 0.25) is 0 Å². The van der Waals surface area contributed by atoms with Crippen molar-refractivity contribution in [3.63, 3.8) is 0 Å². The number of pyridine rings is 1. The van der Waals surface area contributed by atoms with Crippen LogP contribution < -0.4 is 15.8 Å². The van der Waals surface area contributed by atoms with Crippen molar-refractivity contribution in [2.75, 3.05) is 18.5 Å². The maximum absolute atomic E-state index is 9.73. The predicted molar refractivity (Wildman–Crippen MR) is 132 cm³/mol. The van der Waals surface area contributed by atoms with Crippen LogP contribution in [0.15, 0.2) is 60.9 Å². The number of aromatic nitrogens is 6. The molecule has 0 saturated heterocycles. The number of nitrogens with zero attached hydrogens (tertiary/aromatic N) is 6. The minimum atomic E-state index is -0.714. The van der Waals surface area contributed by atoms with Gasteiger partial charge in [0.05, 0.1) is 35.4 Å². The van der Waals surface area contributed by atoms with Crippen molar-refractivity contribution in [1.82, 2.24) is 29.4 Å². The van der Waals surface area contributed by atoms with Gasteiger partial charge in [0.1, 0.15) is 24.3 Å². The summed E-state index contributed by atoms with van der Waals surface area (Å²) in [4.78, 5) is 9.75. The highest BCUT2D eigenvalue weighted by molar-refractivity contribution is 5.88. The highest BCUT2D eigenvalue weighted by Gasteiger charge is 2.27. The van der Waals surface area contributed by atoms with Crippen molar-refractivity contribution in [2.24, 2.45) is 5.73 Å². The average molecular weight is 471 g/mol. The van der Waals surface area contributed by atoms with Crippen molar-refractivity contribution >= 4 is 22.4 Å². The summed E-state index contributed by atoms with van der Waals surface area (Å²) in [5.74, 6) is 1.91. The fourth-order valence-corrected chi connectivity index (χ4v) is 4.08. The molecule has 4 aromatic heterocycles. The third-order valence-corrected chi connectivity index (χ3v) is 6.09. The lowest BCUT2D eigenvalue weighted by molar-refractivity contribution is 0.114. The molecule has 1 aliphatic carbocycles. The molecule has 6 rings (SSSR count). The Balaban J connectivity index is 1.36. The zero-order chi connectivity index (χ0) is 23.8. The lowest BCUT2D eigenvalue weighted by atomic mass is 10.2. The maximum Gasteiger partial charge on any atom is 0.164 e. The number of hydrogen-bond donors (Lipinski definition) is 3. The molecular formula is C25H26N8O2. The summed E-state index contributed by atoms with van der Waals surface area (Å²) in [6.07, 6.45) is 5.12. The monoisotopic (exact) mass is 470 g/mol. The molecule has 1 atom stereocenters. The topological polar surface area (TPSA) is 128 Å². The first-order valence-electron chi connectivity index (χ1n) is 11.7. The number of aliphatic hydroxyl groups is 1. The number of hydrogen-bond acceptors (Lipinski definition) is 8. The van der Waals surface area contributed by atoms with E-state index in [1.165, 1.54) is 0 Å². The Morgan fingerprint density at radius 3 is 2.86 bits per heavy atom. The molecule has 4 heterocycles. The summed E-state index contributed by atoms with van der Waals surface area (Å²) < 4.78 is 9.62. The van der Waals surface area contributed by atoms with Gasteiger partial charge in [0.25, 0.3) is 0 Å². The molecule has 0 spiro atoms. The van der Waals surface area contributed by atoms with E-state index in [4.69, 9.17) is 20.4 Å². The highest BCUT2D eigenvalue weighted by atomic mass is 16.5. The van der Waals surface area contributed by atoms with Crippen LogP contribution in [0.2, 0.25) is 0 Å². The van der Waals surface area contributed by atoms with Gasteiger partial charge in [-0.05, 0) is 43.2 Å². The van der Waals surface area contributed by atoms with Crippen molar-refractivity contribution < 1.29 is 9.84 Å². The van der Waals surface area contributed by atoms with Crippen LogP contribution in [0.3, 0.4) is 0 Å². The quantitative estimate of drug-likeness (QED) is 0.300. The zero-order valence-corrected chi connectivity index (χ0v) is 19.1.